The predicted octanol–water partition coefficient (Wildman–Crippen LogP) is 0.742. The molecule has 1 unspecified atom stereocenters. The fourth-order valence-electron chi connectivity index (χ4n) is 0.736. The summed E-state index contributed by atoms with van der Waals surface area (Å²) in [6.45, 7) is 4.44. The standard InChI is InChI=1S/C7H17NO/c1-3-6(2)7(8)4-5-9/h6-7,9H,3-5,8H2,1-2H3/t6-,7?/m0/s1. The van der Waals surface area contributed by atoms with Gasteiger partial charge in [-0.1, -0.05) is 20.3 Å². The largest absolute Gasteiger partial charge is 0.396 e. The highest BCUT2D eigenvalue weighted by molar-refractivity contribution is 4.66. The van der Waals surface area contributed by atoms with Crippen LogP contribution >= 0.6 is 0 Å². The van der Waals surface area contributed by atoms with Crippen LogP contribution in [0.2, 0.25) is 0 Å². The van der Waals surface area contributed by atoms with E-state index in [-0.39, 0.29) is 12.6 Å². The summed E-state index contributed by atoms with van der Waals surface area (Å²) in [5.74, 6) is 0.539. The molecule has 56 valence electrons. The molecule has 0 radical (unpaired) electrons. The summed E-state index contributed by atoms with van der Waals surface area (Å²) in [6, 6.07) is 0.181. The average molecular weight is 131 g/mol. The summed E-state index contributed by atoms with van der Waals surface area (Å²) < 4.78 is 0. The van der Waals surface area contributed by atoms with Gasteiger partial charge in [-0.2, -0.15) is 0 Å². The number of nitrogens with two attached hydrogens (primary N) is 1. The van der Waals surface area contributed by atoms with Gasteiger partial charge in [0.25, 0.3) is 0 Å². The predicted molar refractivity (Wildman–Crippen MR) is 39.1 cm³/mol. The SMILES string of the molecule is CC[C@H](C)C(N)CCO. The molecular weight excluding hydrogens is 114 g/mol. The molecule has 0 rings (SSSR count). The Kier molecular flexibility index (Phi) is 4.72. The summed E-state index contributed by atoms with van der Waals surface area (Å²) in [5, 5.41) is 8.50. The van der Waals surface area contributed by atoms with E-state index in [0.29, 0.717) is 5.92 Å². The molecule has 0 heterocycles. The van der Waals surface area contributed by atoms with Gasteiger partial charge in [-0.05, 0) is 12.3 Å². The second-order valence-electron chi connectivity index (χ2n) is 2.56. The Morgan fingerprint density at radius 2 is 2.11 bits per heavy atom. The first-order valence-electron chi connectivity index (χ1n) is 3.58. The molecule has 0 spiro atoms. The van der Waals surface area contributed by atoms with Crippen molar-refractivity contribution >= 4 is 0 Å². The van der Waals surface area contributed by atoms with Gasteiger partial charge in [-0.3, -0.25) is 0 Å². The summed E-state index contributed by atoms with van der Waals surface area (Å²) >= 11 is 0. The van der Waals surface area contributed by atoms with E-state index in [0.717, 1.165) is 12.8 Å². The monoisotopic (exact) mass is 131 g/mol. The number of rotatable bonds is 4. The van der Waals surface area contributed by atoms with Gasteiger partial charge in [-0.25, -0.2) is 0 Å². The fraction of sp³-hybridized carbons (Fsp3) is 1.00. The van der Waals surface area contributed by atoms with Gasteiger partial charge in [-0.15, -0.1) is 0 Å². The van der Waals surface area contributed by atoms with Crippen molar-refractivity contribution in [3.63, 3.8) is 0 Å². The molecule has 0 bridgehead atoms. The highest BCUT2D eigenvalue weighted by atomic mass is 16.3. The van der Waals surface area contributed by atoms with E-state index in [1.54, 1.807) is 0 Å². The molecule has 0 aromatic heterocycles. The molecule has 2 nitrogen and oxygen atoms in total. The van der Waals surface area contributed by atoms with Crippen LogP contribution in [0.3, 0.4) is 0 Å². The van der Waals surface area contributed by atoms with Crippen LogP contribution in [0, 0.1) is 5.92 Å². The molecule has 0 saturated heterocycles. The smallest absolute Gasteiger partial charge is 0.0445 e. The highest BCUT2D eigenvalue weighted by Gasteiger charge is 2.08. The Labute approximate surface area is 57.1 Å². The van der Waals surface area contributed by atoms with E-state index in [4.69, 9.17) is 10.8 Å². The zero-order valence-electron chi connectivity index (χ0n) is 6.30. The molecule has 2 heteroatoms. The summed E-state index contributed by atoms with van der Waals surface area (Å²) in [6.07, 6.45) is 1.83. The van der Waals surface area contributed by atoms with Crippen molar-refractivity contribution in [3.05, 3.63) is 0 Å². The zero-order valence-corrected chi connectivity index (χ0v) is 6.30. The van der Waals surface area contributed by atoms with Crippen LogP contribution in [0.15, 0.2) is 0 Å². The van der Waals surface area contributed by atoms with E-state index >= 15 is 0 Å². The minimum Gasteiger partial charge on any atom is -0.396 e. The van der Waals surface area contributed by atoms with Crippen LogP contribution < -0.4 is 5.73 Å². The number of aliphatic hydroxyl groups is 1. The first-order chi connectivity index (χ1) is 4.22. The van der Waals surface area contributed by atoms with Crippen molar-refractivity contribution in [2.45, 2.75) is 32.7 Å². The van der Waals surface area contributed by atoms with Gasteiger partial charge in [0.1, 0.15) is 0 Å². The normalized spacial score (nSPS) is 17.3. The first kappa shape index (κ1) is 8.92. The van der Waals surface area contributed by atoms with E-state index < -0.39 is 0 Å². The van der Waals surface area contributed by atoms with Crippen LogP contribution in [0.5, 0.6) is 0 Å². The molecule has 0 aromatic carbocycles. The van der Waals surface area contributed by atoms with Gasteiger partial charge in [0.2, 0.25) is 0 Å². The van der Waals surface area contributed by atoms with E-state index in [1.165, 1.54) is 0 Å². The molecule has 2 atom stereocenters. The van der Waals surface area contributed by atoms with Crippen LogP contribution in [0.4, 0.5) is 0 Å². The lowest BCUT2D eigenvalue weighted by atomic mass is 9.98. The van der Waals surface area contributed by atoms with Crippen LogP contribution in [0.25, 0.3) is 0 Å². The summed E-state index contributed by atoms with van der Waals surface area (Å²) in [4.78, 5) is 0. The third kappa shape index (κ3) is 3.49. The quantitative estimate of drug-likeness (QED) is 0.591. The Morgan fingerprint density at radius 3 is 2.44 bits per heavy atom. The fourth-order valence-corrected chi connectivity index (χ4v) is 0.736. The van der Waals surface area contributed by atoms with Gasteiger partial charge in [0.05, 0.1) is 0 Å². The highest BCUT2D eigenvalue weighted by Crippen LogP contribution is 2.07. The molecule has 0 saturated carbocycles. The van der Waals surface area contributed by atoms with Crippen molar-refractivity contribution in [3.8, 4) is 0 Å². The van der Waals surface area contributed by atoms with Crippen molar-refractivity contribution in [2.75, 3.05) is 6.61 Å². The topological polar surface area (TPSA) is 46.2 Å². The van der Waals surface area contributed by atoms with Crippen molar-refractivity contribution in [1.29, 1.82) is 0 Å². The zero-order chi connectivity index (χ0) is 7.28. The molecule has 9 heavy (non-hydrogen) atoms. The molecule has 0 amide bonds. The molecular formula is C7H17NO. The Bertz CT molecular complexity index is 65.9. The maximum atomic E-state index is 8.50. The number of hydrogen-bond donors (Lipinski definition) is 2. The number of aliphatic hydroxyl groups excluding tert-OH is 1. The average Bonchev–Trinajstić information content (AvgIpc) is 1.87. The Morgan fingerprint density at radius 1 is 1.56 bits per heavy atom. The first-order valence-corrected chi connectivity index (χ1v) is 3.58. The molecule has 0 aliphatic heterocycles. The number of hydrogen-bond acceptors (Lipinski definition) is 2. The molecule has 0 aliphatic rings. The lowest BCUT2D eigenvalue weighted by Crippen LogP contribution is -2.28. The molecule has 3 N–H and O–H groups in total. The van der Waals surface area contributed by atoms with Crippen molar-refractivity contribution < 1.29 is 5.11 Å². The van der Waals surface area contributed by atoms with Crippen LogP contribution in [-0.4, -0.2) is 17.8 Å². The molecule has 0 aliphatic carbocycles. The summed E-state index contributed by atoms with van der Waals surface area (Å²) in [7, 11) is 0. The van der Waals surface area contributed by atoms with E-state index in [9.17, 15) is 0 Å². The third-order valence-corrected chi connectivity index (χ3v) is 1.84. The second-order valence-corrected chi connectivity index (χ2v) is 2.56. The summed E-state index contributed by atoms with van der Waals surface area (Å²) in [5.41, 5.74) is 5.68. The van der Waals surface area contributed by atoms with Gasteiger partial charge < -0.3 is 10.8 Å². The van der Waals surface area contributed by atoms with Gasteiger partial charge in [0.15, 0.2) is 0 Å². The lowest BCUT2D eigenvalue weighted by molar-refractivity contribution is 0.257. The van der Waals surface area contributed by atoms with Gasteiger partial charge >= 0.3 is 0 Å². The van der Waals surface area contributed by atoms with E-state index in [1.807, 2.05) is 0 Å². The Balaban J connectivity index is 3.32. The van der Waals surface area contributed by atoms with Crippen molar-refractivity contribution in [2.24, 2.45) is 11.7 Å². The molecule has 0 fully saturated rings. The lowest BCUT2D eigenvalue weighted by Gasteiger charge is -2.16. The molecule has 0 aromatic rings. The second kappa shape index (κ2) is 4.77. The maximum Gasteiger partial charge on any atom is 0.0445 e. The minimum absolute atomic E-state index is 0.181. The third-order valence-electron chi connectivity index (χ3n) is 1.84. The van der Waals surface area contributed by atoms with Crippen LogP contribution in [-0.2, 0) is 0 Å². The van der Waals surface area contributed by atoms with Crippen molar-refractivity contribution in [1.82, 2.24) is 0 Å². The van der Waals surface area contributed by atoms with Crippen LogP contribution in [0.1, 0.15) is 26.7 Å². The maximum absolute atomic E-state index is 8.50. The minimum atomic E-state index is 0.181. The van der Waals surface area contributed by atoms with Gasteiger partial charge in [0, 0.05) is 12.6 Å². The Hall–Kier alpha value is -0.0800. The van der Waals surface area contributed by atoms with E-state index in [2.05, 4.69) is 13.8 Å².